The van der Waals surface area contributed by atoms with Crippen molar-refractivity contribution in [2.45, 2.75) is 12.5 Å². The minimum atomic E-state index is -0.320. The van der Waals surface area contributed by atoms with Crippen molar-refractivity contribution >= 4 is 17.6 Å². The summed E-state index contributed by atoms with van der Waals surface area (Å²) in [5.41, 5.74) is 1.93. The molecule has 1 N–H and O–H groups in total. The number of carbonyl (C=O) groups is 2. The van der Waals surface area contributed by atoms with E-state index in [1.165, 1.54) is 4.90 Å². The zero-order valence-electron chi connectivity index (χ0n) is 7.36. The van der Waals surface area contributed by atoms with Crippen molar-refractivity contribution in [3.63, 3.8) is 0 Å². The monoisotopic (exact) mass is 188 g/mol. The average molecular weight is 188 g/mol. The zero-order chi connectivity index (χ0) is 9.71. The van der Waals surface area contributed by atoms with Gasteiger partial charge in [-0.2, -0.15) is 0 Å². The standard InChI is InChI=1S/C10H8N2O2/c13-9-8-5-6-3-1-2-4-7(6)12(8)10(14)11-9/h1-4,8H,5H2,(H,11,13,14). The molecule has 1 atom stereocenters. The number of para-hydroxylation sites is 1. The first-order valence-electron chi connectivity index (χ1n) is 4.49. The molecule has 4 heteroatoms. The molecule has 2 heterocycles. The molecule has 1 unspecified atom stereocenters. The van der Waals surface area contributed by atoms with Crippen LogP contribution in [0.25, 0.3) is 0 Å². The maximum absolute atomic E-state index is 11.4. The van der Waals surface area contributed by atoms with E-state index in [4.69, 9.17) is 0 Å². The molecular formula is C10H8N2O2. The van der Waals surface area contributed by atoms with E-state index < -0.39 is 0 Å². The van der Waals surface area contributed by atoms with Gasteiger partial charge in [-0.15, -0.1) is 0 Å². The number of amides is 3. The molecule has 3 amide bonds. The van der Waals surface area contributed by atoms with Gasteiger partial charge in [0.1, 0.15) is 6.04 Å². The Morgan fingerprint density at radius 1 is 1.29 bits per heavy atom. The number of hydrogen-bond acceptors (Lipinski definition) is 2. The van der Waals surface area contributed by atoms with Crippen molar-refractivity contribution in [1.82, 2.24) is 5.32 Å². The summed E-state index contributed by atoms with van der Waals surface area (Å²) in [5.74, 6) is -0.189. The van der Waals surface area contributed by atoms with Crippen LogP contribution >= 0.6 is 0 Å². The molecule has 1 aromatic carbocycles. The van der Waals surface area contributed by atoms with Gasteiger partial charge in [0.05, 0.1) is 0 Å². The first-order chi connectivity index (χ1) is 6.77. The van der Waals surface area contributed by atoms with Crippen molar-refractivity contribution in [2.75, 3.05) is 4.90 Å². The number of urea groups is 1. The number of fused-ring (bicyclic) bond motifs is 3. The normalized spacial score (nSPS) is 23.4. The molecule has 0 bridgehead atoms. The van der Waals surface area contributed by atoms with Gasteiger partial charge in [-0.3, -0.25) is 15.0 Å². The summed E-state index contributed by atoms with van der Waals surface area (Å²) in [6.45, 7) is 0. The summed E-state index contributed by atoms with van der Waals surface area (Å²) in [4.78, 5) is 24.3. The van der Waals surface area contributed by atoms with E-state index in [0.29, 0.717) is 6.42 Å². The Morgan fingerprint density at radius 3 is 2.93 bits per heavy atom. The maximum atomic E-state index is 11.4. The Hall–Kier alpha value is -1.84. The second-order valence-corrected chi connectivity index (χ2v) is 3.51. The Labute approximate surface area is 80.5 Å². The van der Waals surface area contributed by atoms with E-state index in [2.05, 4.69) is 5.32 Å². The van der Waals surface area contributed by atoms with Crippen LogP contribution in [-0.2, 0) is 11.2 Å². The average Bonchev–Trinajstić information content (AvgIpc) is 2.66. The molecule has 14 heavy (non-hydrogen) atoms. The van der Waals surface area contributed by atoms with Crippen LogP contribution in [0, 0.1) is 0 Å². The summed E-state index contributed by atoms with van der Waals surface area (Å²) in [7, 11) is 0. The predicted molar refractivity (Wildman–Crippen MR) is 50.0 cm³/mol. The van der Waals surface area contributed by atoms with E-state index in [-0.39, 0.29) is 18.0 Å². The SMILES string of the molecule is O=C1NC(=O)N2c3ccccc3CC12. The number of nitrogens with zero attached hydrogens (tertiary/aromatic N) is 1. The van der Waals surface area contributed by atoms with Crippen LogP contribution in [0.15, 0.2) is 24.3 Å². The van der Waals surface area contributed by atoms with E-state index in [1.807, 2.05) is 24.3 Å². The van der Waals surface area contributed by atoms with Crippen LogP contribution in [-0.4, -0.2) is 18.0 Å². The van der Waals surface area contributed by atoms with Gasteiger partial charge < -0.3 is 0 Å². The highest BCUT2D eigenvalue weighted by atomic mass is 16.2. The molecule has 3 rings (SSSR count). The molecule has 0 aliphatic carbocycles. The van der Waals surface area contributed by atoms with Crippen LogP contribution in [0.3, 0.4) is 0 Å². The third-order valence-corrected chi connectivity index (χ3v) is 2.73. The summed E-state index contributed by atoms with van der Waals surface area (Å²) in [6, 6.07) is 6.99. The van der Waals surface area contributed by atoms with E-state index in [1.54, 1.807) is 0 Å². The fourth-order valence-corrected chi connectivity index (χ4v) is 2.10. The van der Waals surface area contributed by atoms with Crippen LogP contribution in [0.1, 0.15) is 5.56 Å². The summed E-state index contributed by atoms with van der Waals surface area (Å²) in [6.07, 6.45) is 0.633. The molecule has 1 aromatic rings. The number of benzene rings is 1. The Kier molecular flexibility index (Phi) is 1.27. The third kappa shape index (κ3) is 0.775. The van der Waals surface area contributed by atoms with Gasteiger partial charge in [0.15, 0.2) is 0 Å². The molecule has 0 saturated carbocycles. The highest BCUT2D eigenvalue weighted by Crippen LogP contribution is 2.34. The lowest BCUT2D eigenvalue weighted by atomic mass is 10.1. The Balaban J connectivity index is 2.15. The first kappa shape index (κ1) is 7.55. The van der Waals surface area contributed by atoms with Crippen LogP contribution in [0.2, 0.25) is 0 Å². The van der Waals surface area contributed by atoms with Gasteiger partial charge in [-0.1, -0.05) is 18.2 Å². The largest absolute Gasteiger partial charge is 0.329 e. The van der Waals surface area contributed by atoms with Crippen molar-refractivity contribution < 1.29 is 9.59 Å². The smallest absolute Gasteiger partial charge is 0.281 e. The fraction of sp³-hybridized carbons (Fsp3) is 0.200. The highest BCUT2D eigenvalue weighted by molar-refractivity contribution is 6.16. The lowest BCUT2D eigenvalue weighted by Crippen LogP contribution is -2.31. The number of carbonyl (C=O) groups excluding carboxylic acids is 2. The van der Waals surface area contributed by atoms with Gasteiger partial charge in [0, 0.05) is 12.1 Å². The molecule has 1 saturated heterocycles. The quantitative estimate of drug-likeness (QED) is 0.608. The highest BCUT2D eigenvalue weighted by Gasteiger charge is 2.44. The third-order valence-electron chi connectivity index (χ3n) is 2.73. The molecule has 4 nitrogen and oxygen atoms in total. The molecule has 1 fully saturated rings. The zero-order valence-corrected chi connectivity index (χ0v) is 7.36. The maximum Gasteiger partial charge on any atom is 0.329 e. The lowest BCUT2D eigenvalue weighted by Gasteiger charge is -2.12. The number of rotatable bonds is 0. The Bertz CT molecular complexity index is 442. The van der Waals surface area contributed by atoms with Gasteiger partial charge >= 0.3 is 6.03 Å². The topological polar surface area (TPSA) is 49.4 Å². The number of hydrogen-bond donors (Lipinski definition) is 1. The molecule has 2 aliphatic rings. The van der Waals surface area contributed by atoms with Gasteiger partial charge in [-0.25, -0.2) is 4.79 Å². The molecular weight excluding hydrogens is 180 g/mol. The number of imide groups is 1. The molecule has 0 spiro atoms. The van der Waals surface area contributed by atoms with Crippen LogP contribution in [0.5, 0.6) is 0 Å². The van der Waals surface area contributed by atoms with Crippen molar-refractivity contribution in [2.24, 2.45) is 0 Å². The minimum absolute atomic E-state index is 0.189. The second-order valence-electron chi connectivity index (χ2n) is 3.51. The van der Waals surface area contributed by atoms with Crippen molar-refractivity contribution in [3.8, 4) is 0 Å². The Morgan fingerprint density at radius 2 is 2.07 bits per heavy atom. The first-order valence-corrected chi connectivity index (χ1v) is 4.49. The van der Waals surface area contributed by atoms with E-state index >= 15 is 0 Å². The van der Waals surface area contributed by atoms with Gasteiger partial charge in [0.2, 0.25) is 0 Å². The second kappa shape index (κ2) is 2.35. The van der Waals surface area contributed by atoms with Crippen molar-refractivity contribution in [3.05, 3.63) is 29.8 Å². The van der Waals surface area contributed by atoms with Crippen LogP contribution in [0.4, 0.5) is 10.5 Å². The van der Waals surface area contributed by atoms with Gasteiger partial charge in [0.25, 0.3) is 5.91 Å². The summed E-state index contributed by atoms with van der Waals surface area (Å²) in [5, 5.41) is 2.31. The molecule has 0 aromatic heterocycles. The van der Waals surface area contributed by atoms with Crippen LogP contribution < -0.4 is 10.2 Å². The fourth-order valence-electron chi connectivity index (χ4n) is 2.10. The van der Waals surface area contributed by atoms with E-state index in [9.17, 15) is 9.59 Å². The summed E-state index contributed by atoms with van der Waals surface area (Å²) < 4.78 is 0. The number of anilines is 1. The molecule has 0 radical (unpaired) electrons. The van der Waals surface area contributed by atoms with Crippen molar-refractivity contribution in [1.29, 1.82) is 0 Å². The minimum Gasteiger partial charge on any atom is -0.281 e. The number of nitrogens with one attached hydrogen (secondary N) is 1. The molecule has 70 valence electrons. The van der Waals surface area contributed by atoms with Gasteiger partial charge in [-0.05, 0) is 11.6 Å². The van der Waals surface area contributed by atoms with E-state index in [0.717, 1.165) is 11.3 Å². The lowest BCUT2D eigenvalue weighted by molar-refractivity contribution is -0.119. The summed E-state index contributed by atoms with van der Waals surface area (Å²) >= 11 is 0. The molecule has 2 aliphatic heterocycles. The predicted octanol–water partition coefficient (Wildman–Crippen LogP) is 0.667.